The predicted molar refractivity (Wildman–Crippen MR) is 112 cm³/mol. The molecule has 0 saturated carbocycles. The summed E-state index contributed by atoms with van der Waals surface area (Å²) in [6.45, 7) is 0.848. The van der Waals surface area contributed by atoms with Crippen molar-refractivity contribution in [2.24, 2.45) is 0 Å². The molecule has 0 radical (unpaired) electrons. The first-order valence-corrected chi connectivity index (χ1v) is 11.5. The lowest BCUT2D eigenvalue weighted by molar-refractivity contribution is -0.139. The molecule has 1 aliphatic rings. The van der Waals surface area contributed by atoms with Crippen molar-refractivity contribution in [1.82, 2.24) is 19.9 Å². The van der Waals surface area contributed by atoms with Crippen LogP contribution in [0.5, 0.6) is 0 Å². The number of pyridine rings is 1. The Kier molecular flexibility index (Phi) is 7.53. The summed E-state index contributed by atoms with van der Waals surface area (Å²) in [6, 6.07) is 13.5. The lowest BCUT2D eigenvalue weighted by atomic mass is 10.0. The van der Waals surface area contributed by atoms with Crippen LogP contribution in [-0.4, -0.2) is 48.7 Å². The highest BCUT2D eigenvalue weighted by molar-refractivity contribution is 7.89. The zero-order valence-electron chi connectivity index (χ0n) is 16.7. The van der Waals surface area contributed by atoms with Gasteiger partial charge in [-0.05, 0) is 43.5 Å². The third kappa shape index (κ3) is 5.64. The quantitative estimate of drug-likeness (QED) is 0.647. The van der Waals surface area contributed by atoms with Crippen LogP contribution in [0, 0.1) is 0 Å². The van der Waals surface area contributed by atoms with Gasteiger partial charge in [-0.1, -0.05) is 30.7 Å². The molecule has 2 heterocycles. The zero-order chi connectivity index (χ0) is 21.4. The molecule has 8 nitrogen and oxygen atoms in total. The van der Waals surface area contributed by atoms with Gasteiger partial charge in [0, 0.05) is 25.3 Å². The molecule has 2 N–H and O–H groups in total. The van der Waals surface area contributed by atoms with Gasteiger partial charge in [-0.3, -0.25) is 14.6 Å². The molecule has 30 heavy (non-hydrogen) atoms. The van der Waals surface area contributed by atoms with Crippen LogP contribution in [0.4, 0.5) is 0 Å². The molecule has 0 aliphatic carbocycles. The van der Waals surface area contributed by atoms with E-state index in [0.29, 0.717) is 18.7 Å². The first-order chi connectivity index (χ1) is 14.5. The van der Waals surface area contributed by atoms with Gasteiger partial charge in [0.05, 0.1) is 17.1 Å². The fourth-order valence-corrected chi connectivity index (χ4v) is 5.24. The number of piperidine rings is 1. The standard InChI is InChI=1S/C21H26N4O4S/c26-20(21(27)24-16-17-8-4-6-13-22-17)23-14-12-18-9-5-7-15-25(18)30(28,29)19-10-2-1-3-11-19/h1-4,6,8,10-11,13,18H,5,7,9,12,14-16H2,(H,23,26)(H,24,27)/t18-/m0/s1. The summed E-state index contributed by atoms with van der Waals surface area (Å²) in [6.07, 6.45) is 4.54. The van der Waals surface area contributed by atoms with E-state index in [1.54, 1.807) is 54.7 Å². The Labute approximate surface area is 176 Å². The first kappa shape index (κ1) is 21.9. The lowest BCUT2D eigenvalue weighted by Crippen LogP contribution is -2.46. The van der Waals surface area contributed by atoms with E-state index >= 15 is 0 Å². The number of nitrogens with zero attached hydrogens (tertiary/aromatic N) is 2. The molecular weight excluding hydrogens is 404 g/mol. The van der Waals surface area contributed by atoms with Crippen molar-refractivity contribution < 1.29 is 18.0 Å². The van der Waals surface area contributed by atoms with E-state index < -0.39 is 21.8 Å². The Hall–Kier alpha value is -2.78. The fraction of sp³-hybridized carbons (Fsp3) is 0.381. The van der Waals surface area contributed by atoms with Gasteiger partial charge in [0.2, 0.25) is 10.0 Å². The molecule has 1 aromatic heterocycles. The van der Waals surface area contributed by atoms with Gasteiger partial charge < -0.3 is 10.6 Å². The number of carbonyl (C=O) groups is 2. The van der Waals surface area contributed by atoms with Crippen molar-refractivity contribution in [3.05, 3.63) is 60.4 Å². The van der Waals surface area contributed by atoms with E-state index in [2.05, 4.69) is 15.6 Å². The van der Waals surface area contributed by atoms with Crippen LogP contribution in [0.25, 0.3) is 0 Å². The molecule has 2 amide bonds. The SMILES string of the molecule is O=C(NCC[C@@H]1CCCCN1S(=O)(=O)c1ccccc1)C(=O)NCc1ccccn1. The number of amides is 2. The summed E-state index contributed by atoms with van der Waals surface area (Å²) >= 11 is 0. The van der Waals surface area contributed by atoms with Gasteiger partial charge in [0.15, 0.2) is 0 Å². The number of nitrogens with one attached hydrogen (secondary N) is 2. The van der Waals surface area contributed by atoms with Crippen LogP contribution >= 0.6 is 0 Å². The Morgan fingerprint density at radius 2 is 1.73 bits per heavy atom. The summed E-state index contributed by atoms with van der Waals surface area (Å²) in [5.74, 6) is -1.47. The third-order valence-corrected chi connectivity index (χ3v) is 7.01. The first-order valence-electron chi connectivity index (χ1n) is 10.0. The maximum Gasteiger partial charge on any atom is 0.309 e. The number of carbonyl (C=O) groups excluding carboxylic acids is 2. The molecule has 9 heteroatoms. The number of sulfonamides is 1. The smallest absolute Gasteiger partial charge is 0.309 e. The van der Waals surface area contributed by atoms with Gasteiger partial charge in [-0.2, -0.15) is 4.31 Å². The van der Waals surface area contributed by atoms with Gasteiger partial charge in [0.25, 0.3) is 0 Å². The minimum Gasteiger partial charge on any atom is -0.348 e. The average Bonchev–Trinajstić information content (AvgIpc) is 2.79. The summed E-state index contributed by atoms with van der Waals surface area (Å²) < 4.78 is 27.5. The molecular formula is C21H26N4O4S. The van der Waals surface area contributed by atoms with E-state index in [1.807, 2.05) is 0 Å². The van der Waals surface area contributed by atoms with Gasteiger partial charge in [-0.25, -0.2) is 8.42 Å². The zero-order valence-corrected chi connectivity index (χ0v) is 17.5. The van der Waals surface area contributed by atoms with Gasteiger partial charge in [0.1, 0.15) is 0 Å². The van der Waals surface area contributed by atoms with Crippen molar-refractivity contribution in [2.45, 2.75) is 43.2 Å². The maximum absolute atomic E-state index is 13.0. The molecule has 1 fully saturated rings. The van der Waals surface area contributed by atoms with Crippen molar-refractivity contribution in [3.8, 4) is 0 Å². The van der Waals surface area contributed by atoms with E-state index in [1.165, 1.54) is 4.31 Å². The normalized spacial score (nSPS) is 17.3. The number of rotatable bonds is 7. The van der Waals surface area contributed by atoms with E-state index in [4.69, 9.17) is 0 Å². The molecule has 1 atom stereocenters. The fourth-order valence-electron chi connectivity index (χ4n) is 3.49. The summed E-state index contributed by atoms with van der Waals surface area (Å²) in [7, 11) is -3.58. The number of benzene rings is 1. The van der Waals surface area contributed by atoms with Crippen molar-refractivity contribution >= 4 is 21.8 Å². The van der Waals surface area contributed by atoms with Crippen LogP contribution in [0.1, 0.15) is 31.4 Å². The second kappa shape index (κ2) is 10.3. The number of aromatic nitrogens is 1. The Balaban J connectivity index is 1.51. The highest BCUT2D eigenvalue weighted by Gasteiger charge is 2.33. The molecule has 1 saturated heterocycles. The van der Waals surface area contributed by atoms with Crippen LogP contribution < -0.4 is 10.6 Å². The Bertz CT molecular complexity index is 951. The largest absolute Gasteiger partial charge is 0.348 e. The molecule has 2 aromatic rings. The topological polar surface area (TPSA) is 108 Å². The lowest BCUT2D eigenvalue weighted by Gasteiger charge is -2.34. The predicted octanol–water partition coefficient (Wildman–Crippen LogP) is 1.45. The van der Waals surface area contributed by atoms with Gasteiger partial charge >= 0.3 is 11.8 Å². The Morgan fingerprint density at radius 3 is 2.47 bits per heavy atom. The minimum absolute atomic E-state index is 0.165. The van der Waals surface area contributed by atoms with Crippen molar-refractivity contribution in [2.75, 3.05) is 13.1 Å². The molecule has 0 bridgehead atoms. The second-order valence-corrected chi connectivity index (χ2v) is 9.02. The van der Waals surface area contributed by atoms with Gasteiger partial charge in [-0.15, -0.1) is 0 Å². The summed E-state index contributed by atoms with van der Waals surface area (Å²) in [5.41, 5.74) is 0.655. The molecule has 1 aromatic carbocycles. The van der Waals surface area contributed by atoms with Crippen LogP contribution in [0.2, 0.25) is 0 Å². The van der Waals surface area contributed by atoms with E-state index in [-0.39, 0.29) is 24.0 Å². The highest BCUT2D eigenvalue weighted by Crippen LogP contribution is 2.26. The maximum atomic E-state index is 13.0. The highest BCUT2D eigenvalue weighted by atomic mass is 32.2. The van der Waals surface area contributed by atoms with Crippen molar-refractivity contribution in [1.29, 1.82) is 0 Å². The molecule has 3 rings (SSSR count). The number of hydrogen-bond donors (Lipinski definition) is 2. The monoisotopic (exact) mass is 430 g/mol. The minimum atomic E-state index is -3.58. The van der Waals surface area contributed by atoms with Crippen LogP contribution in [0.15, 0.2) is 59.6 Å². The molecule has 0 spiro atoms. The third-order valence-electron chi connectivity index (χ3n) is 5.05. The summed E-state index contributed by atoms with van der Waals surface area (Å²) in [4.78, 5) is 28.3. The van der Waals surface area contributed by atoms with Crippen LogP contribution in [-0.2, 0) is 26.2 Å². The van der Waals surface area contributed by atoms with Crippen LogP contribution in [0.3, 0.4) is 0 Å². The Morgan fingerprint density at radius 1 is 1.00 bits per heavy atom. The van der Waals surface area contributed by atoms with E-state index in [0.717, 1.165) is 19.3 Å². The second-order valence-electron chi connectivity index (χ2n) is 7.13. The average molecular weight is 431 g/mol. The van der Waals surface area contributed by atoms with Crippen molar-refractivity contribution in [3.63, 3.8) is 0 Å². The van der Waals surface area contributed by atoms with E-state index in [9.17, 15) is 18.0 Å². The molecule has 0 unspecified atom stereocenters. The summed E-state index contributed by atoms with van der Waals surface area (Å²) in [5, 5.41) is 5.11. The molecule has 160 valence electrons. The number of hydrogen-bond acceptors (Lipinski definition) is 5. The molecule has 1 aliphatic heterocycles.